The third kappa shape index (κ3) is 3.48. The van der Waals surface area contributed by atoms with Crippen LogP contribution in [0.3, 0.4) is 0 Å². The van der Waals surface area contributed by atoms with Crippen molar-refractivity contribution >= 4 is 29.1 Å². The lowest BCUT2D eigenvalue weighted by Crippen LogP contribution is -2.64. The van der Waals surface area contributed by atoms with Gasteiger partial charge in [0.1, 0.15) is 0 Å². The molecule has 3 saturated carbocycles. The van der Waals surface area contributed by atoms with E-state index in [2.05, 4.69) is 6.92 Å². The lowest BCUT2D eigenvalue weighted by molar-refractivity contribution is -0.203. The molecule has 0 aliphatic heterocycles. The van der Waals surface area contributed by atoms with Gasteiger partial charge in [-0.3, -0.25) is 14.4 Å². The van der Waals surface area contributed by atoms with Gasteiger partial charge in [0.25, 0.3) is 0 Å². The van der Waals surface area contributed by atoms with Gasteiger partial charge in [-0.1, -0.05) is 45.8 Å². The number of Topliss-reactive ketones (excluding diaryl/α,β-unsaturated/α-hetero) is 1. The maximum absolute atomic E-state index is 13.5. The van der Waals surface area contributed by atoms with Crippen LogP contribution in [0.1, 0.15) is 72.6 Å². The maximum Gasteiger partial charge on any atom is 0.306 e. The second kappa shape index (κ2) is 8.64. The van der Waals surface area contributed by atoms with Crippen molar-refractivity contribution in [1.82, 2.24) is 0 Å². The number of unbranched alkanes of at least 4 members (excludes halogenated alkanes) is 1. The Hall–Kier alpha value is -1.46. The van der Waals surface area contributed by atoms with Gasteiger partial charge in [-0.15, -0.1) is 11.6 Å². The number of allylic oxidation sites excluding steroid dienone is 4. The van der Waals surface area contributed by atoms with Gasteiger partial charge in [-0.05, 0) is 56.1 Å². The topological polar surface area (TPSA) is 80.7 Å². The average Bonchev–Trinajstić information content (AvgIpc) is 2.99. The van der Waals surface area contributed by atoms with Gasteiger partial charge in [0.2, 0.25) is 0 Å². The first-order valence-electron chi connectivity index (χ1n) is 12.5. The molecule has 0 aromatic carbocycles. The van der Waals surface area contributed by atoms with E-state index in [-0.39, 0.29) is 58.9 Å². The largest absolute Gasteiger partial charge is 0.450 e. The van der Waals surface area contributed by atoms with Gasteiger partial charge < -0.3 is 9.84 Å². The van der Waals surface area contributed by atoms with Crippen molar-refractivity contribution in [3.8, 4) is 0 Å². The Kier molecular flexibility index (Phi) is 6.46. The van der Waals surface area contributed by atoms with E-state index in [1.54, 1.807) is 12.2 Å². The van der Waals surface area contributed by atoms with Crippen molar-refractivity contribution in [1.29, 1.82) is 0 Å². The number of carbonyl (C=O) groups excluding carboxylic acids is 3. The number of halogens is 1. The zero-order valence-electron chi connectivity index (χ0n) is 20.2. The molecule has 0 aromatic heterocycles. The highest BCUT2D eigenvalue weighted by molar-refractivity contribution is 6.29. The summed E-state index contributed by atoms with van der Waals surface area (Å²) in [4.78, 5) is 38.3. The number of ketones is 2. The summed E-state index contributed by atoms with van der Waals surface area (Å²) in [7, 11) is 0. The van der Waals surface area contributed by atoms with E-state index in [1.807, 2.05) is 26.8 Å². The molecule has 3 fully saturated rings. The normalized spacial score (nSPS) is 43.9. The number of aliphatic hydroxyl groups is 1. The van der Waals surface area contributed by atoms with Crippen LogP contribution in [0.5, 0.6) is 0 Å². The van der Waals surface area contributed by atoms with E-state index in [9.17, 15) is 19.5 Å². The minimum Gasteiger partial charge on any atom is -0.450 e. The molecule has 4 aliphatic carbocycles. The first kappa shape index (κ1) is 24.7. The molecule has 8 atom stereocenters. The van der Waals surface area contributed by atoms with E-state index >= 15 is 0 Å². The monoisotopic (exact) mass is 476 g/mol. The molecule has 4 rings (SSSR count). The molecule has 0 aromatic rings. The smallest absolute Gasteiger partial charge is 0.306 e. The van der Waals surface area contributed by atoms with Crippen molar-refractivity contribution in [2.24, 2.45) is 34.5 Å². The van der Waals surface area contributed by atoms with Gasteiger partial charge in [0.05, 0.1) is 12.0 Å². The van der Waals surface area contributed by atoms with Crippen molar-refractivity contribution in [3.63, 3.8) is 0 Å². The first-order chi connectivity index (χ1) is 15.5. The predicted molar refractivity (Wildman–Crippen MR) is 127 cm³/mol. The lowest BCUT2D eigenvalue weighted by Gasteiger charge is -2.60. The van der Waals surface area contributed by atoms with Crippen LogP contribution in [0.4, 0.5) is 0 Å². The minimum absolute atomic E-state index is 0.0104. The maximum atomic E-state index is 13.5. The molecule has 0 radical (unpaired) electrons. The third-order valence-electron chi connectivity index (χ3n) is 9.58. The van der Waals surface area contributed by atoms with Gasteiger partial charge in [0, 0.05) is 29.1 Å². The molecule has 6 heteroatoms. The van der Waals surface area contributed by atoms with Crippen LogP contribution in [0.15, 0.2) is 23.8 Å². The Balaban J connectivity index is 1.75. The SMILES string of the molecule is CCCCC(=O)O[C@@]1(C(=O)CCl)[C@H](C)C[C@H]2[C@@H]3CCC4=CC(=O)C=C[C@]4(C)[C@H]3[C@@H](O)C[C@@]21C. The average molecular weight is 477 g/mol. The highest BCUT2D eigenvalue weighted by atomic mass is 35.5. The second-order valence-corrected chi connectivity index (χ2v) is 11.5. The quantitative estimate of drug-likeness (QED) is 0.440. The summed E-state index contributed by atoms with van der Waals surface area (Å²) in [6.45, 7) is 8.17. The van der Waals surface area contributed by atoms with E-state index in [1.165, 1.54) is 0 Å². The Morgan fingerprint density at radius 2 is 2.03 bits per heavy atom. The molecular formula is C27H37ClO5. The van der Waals surface area contributed by atoms with Crippen molar-refractivity contribution in [3.05, 3.63) is 23.8 Å². The summed E-state index contributed by atoms with van der Waals surface area (Å²) in [5.74, 6) is -0.729. The molecule has 0 amide bonds. The van der Waals surface area contributed by atoms with Crippen LogP contribution in [0.25, 0.3) is 0 Å². The summed E-state index contributed by atoms with van der Waals surface area (Å²) in [6, 6.07) is 0. The number of aliphatic hydroxyl groups excluding tert-OH is 1. The Labute approximate surface area is 202 Å². The molecule has 33 heavy (non-hydrogen) atoms. The summed E-state index contributed by atoms with van der Waals surface area (Å²) in [5, 5.41) is 11.6. The van der Waals surface area contributed by atoms with Crippen LogP contribution in [0, 0.1) is 34.5 Å². The number of alkyl halides is 1. The van der Waals surface area contributed by atoms with Gasteiger partial charge in [0.15, 0.2) is 17.2 Å². The molecule has 5 nitrogen and oxygen atoms in total. The van der Waals surface area contributed by atoms with E-state index in [4.69, 9.17) is 16.3 Å². The molecule has 0 bridgehead atoms. The zero-order valence-corrected chi connectivity index (χ0v) is 21.0. The number of carbonyl (C=O) groups is 3. The molecule has 4 aliphatic rings. The van der Waals surface area contributed by atoms with Crippen LogP contribution in [-0.2, 0) is 19.1 Å². The molecule has 0 heterocycles. The molecular weight excluding hydrogens is 440 g/mol. The number of hydrogen-bond acceptors (Lipinski definition) is 5. The van der Waals surface area contributed by atoms with Crippen LogP contribution < -0.4 is 0 Å². The van der Waals surface area contributed by atoms with E-state index in [0.717, 1.165) is 31.3 Å². The third-order valence-corrected chi connectivity index (χ3v) is 9.82. The molecule has 0 unspecified atom stereocenters. The van der Waals surface area contributed by atoms with Gasteiger partial charge >= 0.3 is 5.97 Å². The summed E-state index contributed by atoms with van der Waals surface area (Å²) in [6.07, 6.45) is 9.31. The Bertz CT molecular complexity index is 908. The fourth-order valence-corrected chi connectivity index (χ4v) is 8.36. The van der Waals surface area contributed by atoms with Crippen LogP contribution in [-0.4, -0.2) is 40.2 Å². The highest BCUT2D eigenvalue weighted by Gasteiger charge is 2.72. The van der Waals surface area contributed by atoms with Gasteiger partial charge in [-0.2, -0.15) is 0 Å². The fraction of sp³-hybridized carbons (Fsp3) is 0.741. The lowest BCUT2D eigenvalue weighted by atomic mass is 9.46. The minimum atomic E-state index is -1.31. The molecule has 182 valence electrons. The second-order valence-electron chi connectivity index (χ2n) is 11.2. The first-order valence-corrected chi connectivity index (χ1v) is 13.0. The molecule has 0 saturated heterocycles. The van der Waals surface area contributed by atoms with E-state index < -0.39 is 17.1 Å². The summed E-state index contributed by atoms with van der Waals surface area (Å²) < 4.78 is 6.16. The molecule has 1 N–H and O–H groups in total. The number of hydrogen-bond donors (Lipinski definition) is 1. The van der Waals surface area contributed by atoms with Crippen molar-refractivity contribution in [2.75, 3.05) is 5.88 Å². The van der Waals surface area contributed by atoms with Crippen molar-refractivity contribution < 1.29 is 24.2 Å². The standard InChI is InChI=1S/C27H37ClO5/c1-5-6-7-23(32)33-27(22(31)15-28)16(2)12-20-19-9-8-17-13-18(29)10-11-25(17,3)24(19)21(30)14-26(20,27)4/h10-11,13,16,19-21,24,30H,5-9,12,14-15H2,1-4H3/t16-,19+,20+,21+,24-,25+,26+,27-/m1/s1. The Morgan fingerprint density at radius 1 is 1.30 bits per heavy atom. The highest BCUT2D eigenvalue weighted by Crippen LogP contribution is 2.69. The number of ether oxygens (including phenoxy) is 1. The van der Waals surface area contributed by atoms with Gasteiger partial charge in [-0.25, -0.2) is 0 Å². The number of rotatable bonds is 6. The fourth-order valence-electron chi connectivity index (χ4n) is 8.16. The Morgan fingerprint density at radius 3 is 2.70 bits per heavy atom. The van der Waals surface area contributed by atoms with Crippen LogP contribution in [0.2, 0.25) is 0 Å². The summed E-state index contributed by atoms with van der Waals surface area (Å²) >= 11 is 6.12. The number of fused-ring (bicyclic) bond motifs is 5. The summed E-state index contributed by atoms with van der Waals surface area (Å²) in [5.41, 5.74) is -1.28. The zero-order chi connectivity index (χ0) is 24.2. The van der Waals surface area contributed by atoms with Crippen molar-refractivity contribution in [2.45, 2.75) is 84.3 Å². The predicted octanol–water partition coefficient (Wildman–Crippen LogP) is 4.79. The molecule has 0 spiro atoms. The number of esters is 1. The van der Waals surface area contributed by atoms with E-state index in [0.29, 0.717) is 12.8 Å². The van der Waals surface area contributed by atoms with Crippen LogP contribution >= 0.6 is 11.6 Å².